The molecule has 0 aromatic heterocycles. The average molecular weight is 244 g/mol. The summed E-state index contributed by atoms with van der Waals surface area (Å²) in [7, 11) is 0. The Labute approximate surface area is 84.8 Å². The van der Waals surface area contributed by atoms with Gasteiger partial charge in [0.1, 0.15) is 0 Å². The molecular formula is C6H4F4N2O4. The van der Waals surface area contributed by atoms with E-state index in [-0.39, 0.29) is 0 Å². The molecule has 0 N–H and O–H groups in total. The van der Waals surface area contributed by atoms with Crippen molar-refractivity contribution in [2.24, 2.45) is 0 Å². The second-order valence-corrected chi connectivity index (χ2v) is 3.19. The zero-order valence-electron chi connectivity index (χ0n) is 7.40. The largest absolute Gasteiger partial charge is 0.419 e. The number of rotatable bonds is 2. The van der Waals surface area contributed by atoms with Crippen LogP contribution in [0.2, 0.25) is 0 Å². The number of hydrogen-bond acceptors (Lipinski definition) is 4. The van der Waals surface area contributed by atoms with Crippen LogP contribution in [0.1, 0.15) is 6.42 Å². The first-order valence-corrected chi connectivity index (χ1v) is 3.83. The molecule has 0 bridgehead atoms. The van der Waals surface area contributed by atoms with Crippen LogP contribution in [0.4, 0.5) is 17.6 Å². The van der Waals surface area contributed by atoms with Crippen LogP contribution in [0.25, 0.3) is 0 Å². The summed E-state index contributed by atoms with van der Waals surface area (Å²) in [6, 6.07) is 0. The Morgan fingerprint density at radius 1 is 1.31 bits per heavy atom. The van der Waals surface area contributed by atoms with Crippen molar-refractivity contribution in [1.29, 1.82) is 0 Å². The zero-order chi connectivity index (χ0) is 12.7. The summed E-state index contributed by atoms with van der Waals surface area (Å²) in [5, 5.41) is 20.3. The molecule has 1 rings (SSSR count). The summed E-state index contributed by atoms with van der Waals surface area (Å²) in [4.78, 5) is 16.6. The zero-order valence-corrected chi connectivity index (χ0v) is 7.40. The molecule has 0 aromatic carbocycles. The molecular weight excluding hydrogens is 240 g/mol. The quantitative estimate of drug-likeness (QED) is 0.318. The van der Waals surface area contributed by atoms with Gasteiger partial charge < -0.3 is 0 Å². The normalized spacial score (nSPS) is 39.0. The van der Waals surface area contributed by atoms with E-state index in [1.54, 1.807) is 0 Å². The van der Waals surface area contributed by atoms with Crippen molar-refractivity contribution >= 4 is 0 Å². The molecule has 3 unspecified atom stereocenters. The molecule has 6 nitrogen and oxygen atoms in total. The molecule has 1 aliphatic rings. The van der Waals surface area contributed by atoms with Crippen LogP contribution in [0, 0.1) is 20.2 Å². The van der Waals surface area contributed by atoms with Crippen molar-refractivity contribution in [3.63, 3.8) is 0 Å². The van der Waals surface area contributed by atoms with E-state index in [1.165, 1.54) is 0 Å². The van der Waals surface area contributed by atoms with Crippen molar-refractivity contribution in [1.82, 2.24) is 0 Å². The maximum Gasteiger partial charge on any atom is 0.419 e. The monoisotopic (exact) mass is 244 g/mol. The highest BCUT2D eigenvalue weighted by Gasteiger charge is 2.68. The maximum atomic E-state index is 13.3. The number of nitro groups is 2. The fraction of sp³-hybridized carbons (Fsp3) is 0.667. The molecule has 0 aliphatic heterocycles. The molecule has 16 heavy (non-hydrogen) atoms. The standard InChI is InChI=1S/C6H4F4N2O4/c7-3-1-4(8)6(10,12(15)16)2-5(3,9)11(13)14/h1,3H,2H2. The van der Waals surface area contributed by atoms with Crippen LogP contribution in [-0.4, -0.2) is 27.6 Å². The first-order valence-electron chi connectivity index (χ1n) is 3.83. The van der Waals surface area contributed by atoms with E-state index in [2.05, 4.69) is 0 Å². The van der Waals surface area contributed by atoms with E-state index in [0.29, 0.717) is 0 Å². The lowest BCUT2D eigenvalue weighted by Crippen LogP contribution is -2.54. The Morgan fingerprint density at radius 2 is 1.81 bits per heavy atom. The van der Waals surface area contributed by atoms with Crippen molar-refractivity contribution in [3.8, 4) is 0 Å². The first kappa shape index (κ1) is 12.3. The summed E-state index contributed by atoms with van der Waals surface area (Å²) >= 11 is 0. The molecule has 0 fully saturated rings. The van der Waals surface area contributed by atoms with Crippen molar-refractivity contribution in [3.05, 3.63) is 32.1 Å². The van der Waals surface area contributed by atoms with Gasteiger partial charge in [-0.05, 0) is 0 Å². The topological polar surface area (TPSA) is 86.3 Å². The third-order valence-corrected chi connectivity index (χ3v) is 2.16. The molecule has 0 aromatic rings. The van der Waals surface area contributed by atoms with E-state index in [1.807, 2.05) is 0 Å². The second kappa shape index (κ2) is 3.39. The Kier molecular flexibility index (Phi) is 2.61. The van der Waals surface area contributed by atoms with Gasteiger partial charge in [-0.15, -0.1) is 0 Å². The minimum absolute atomic E-state index is 0.435. The molecule has 90 valence electrons. The van der Waals surface area contributed by atoms with E-state index < -0.39 is 45.9 Å². The number of nitrogens with zero attached hydrogens (tertiary/aromatic N) is 2. The SMILES string of the molecule is O=[N+]([O-])C1(F)CC(F)([N+](=O)[O-])C(F)C=C1F. The Morgan fingerprint density at radius 3 is 2.19 bits per heavy atom. The van der Waals surface area contributed by atoms with Crippen molar-refractivity contribution in [2.75, 3.05) is 0 Å². The number of hydrogen-bond donors (Lipinski definition) is 0. The van der Waals surface area contributed by atoms with Crippen molar-refractivity contribution < 1.29 is 27.4 Å². The van der Waals surface area contributed by atoms with Crippen LogP contribution in [0.15, 0.2) is 11.9 Å². The van der Waals surface area contributed by atoms with Crippen LogP contribution in [-0.2, 0) is 0 Å². The Hall–Kier alpha value is -1.74. The van der Waals surface area contributed by atoms with Gasteiger partial charge in [-0.3, -0.25) is 20.2 Å². The van der Waals surface area contributed by atoms with Gasteiger partial charge in [-0.2, -0.15) is 8.78 Å². The highest BCUT2D eigenvalue weighted by atomic mass is 19.2. The molecule has 1 aliphatic carbocycles. The van der Waals surface area contributed by atoms with Gasteiger partial charge in [0.2, 0.25) is 12.0 Å². The van der Waals surface area contributed by atoms with Gasteiger partial charge in [0, 0.05) is 6.08 Å². The fourth-order valence-electron chi connectivity index (χ4n) is 1.21. The lowest BCUT2D eigenvalue weighted by molar-refractivity contribution is -0.657. The minimum atomic E-state index is -4.11. The number of halogens is 4. The van der Waals surface area contributed by atoms with E-state index in [4.69, 9.17) is 0 Å². The predicted molar refractivity (Wildman–Crippen MR) is 40.4 cm³/mol. The molecule has 0 saturated carbocycles. The van der Waals surface area contributed by atoms with Gasteiger partial charge in [-0.25, -0.2) is 8.78 Å². The third-order valence-electron chi connectivity index (χ3n) is 2.16. The lowest BCUT2D eigenvalue weighted by atomic mass is 9.91. The lowest BCUT2D eigenvalue weighted by Gasteiger charge is -2.26. The summed E-state index contributed by atoms with van der Waals surface area (Å²) in [6.45, 7) is 0. The van der Waals surface area contributed by atoms with Gasteiger partial charge in [0.25, 0.3) is 0 Å². The van der Waals surface area contributed by atoms with Crippen LogP contribution in [0.5, 0.6) is 0 Å². The van der Waals surface area contributed by atoms with Gasteiger partial charge in [-0.1, -0.05) is 0 Å². The van der Waals surface area contributed by atoms with Gasteiger partial charge in [0.15, 0.2) is 6.42 Å². The van der Waals surface area contributed by atoms with E-state index >= 15 is 0 Å². The molecule has 0 spiro atoms. The third kappa shape index (κ3) is 1.49. The van der Waals surface area contributed by atoms with E-state index in [9.17, 15) is 37.8 Å². The summed E-state index contributed by atoms with van der Waals surface area (Å²) in [5.74, 6) is -10.3. The Balaban J connectivity index is 3.27. The summed E-state index contributed by atoms with van der Waals surface area (Å²) < 4.78 is 52.1. The highest BCUT2D eigenvalue weighted by molar-refractivity contribution is 5.16. The van der Waals surface area contributed by atoms with Gasteiger partial charge in [0.05, 0.1) is 9.85 Å². The van der Waals surface area contributed by atoms with Crippen LogP contribution >= 0.6 is 0 Å². The van der Waals surface area contributed by atoms with Crippen molar-refractivity contribution in [2.45, 2.75) is 24.2 Å². The smallest absolute Gasteiger partial charge is 0.261 e. The minimum Gasteiger partial charge on any atom is -0.261 e. The number of alkyl halides is 3. The molecule has 3 atom stereocenters. The molecule has 0 heterocycles. The first-order chi connectivity index (χ1) is 7.14. The highest BCUT2D eigenvalue weighted by Crippen LogP contribution is 2.43. The molecule has 0 amide bonds. The molecule has 10 heteroatoms. The van der Waals surface area contributed by atoms with Crippen LogP contribution < -0.4 is 0 Å². The molecule has 0 radical (unpaired) electrons. The Bertz CT molecular complexity index is 389. The predicted octanol–water partition coefficient (Wildman–Crippen LogP) is 1.47. The van der Waals surface area contributed by atoms with Gasteiger partial charge >= 0.3 is 11.6 Å². The summed E-state index contributed by atoms with van der Waals surface area (Å²) in [5.41, 5.74) is 0. The average Bonchev–Trinajstić information content (AvgIpc) is 2.14. The maximum absolute atomic E-state index is 13.3. The van der Waals surface area contributed by atoms with Crippen LogP contribution in [0.3, 0.4) is 0 Å². The summed E-state index contributed by atoms with van der Waals surface area (Å²) in [6.07, 6.45) is -5.66. The molecule has 0 saturated heterocycles. The fourth-order valence-corrected chi connectivity index (χ4v) is 1.21. The van der Waals surface area contributed by atoms with E-state index in [0.717, 1.165) is 0 Å². The second-order valence-electron chi connectivity index (χ2n) is 3.19.